The van der Waals surface area contributed by atoms with Crippen molar-refractivity contribution >= 4 is 5.78 Å². The lowest BCUT2D eigenvalue weighted by Gasteiger charge is -2.20. The summed E-state index contributed by atoms with van der Waals surface area (Å²) >= 11 is 0. The van der Waals surface area contributed by atoms with Gasteiger partial charge in [0, 0.05) is 5.92 Å². The van der Waals surface area contributed by atoms with Crippen LogP contribution >= 0.6 is 0 Å². The maximum atomic E-state index is 11.9. The number of Topliss-reactive ketones (excluding diaryl/α,β-unsaturated/α-hetero) is 1. The third-order valence-electron chi connectivity index (χ3n) is 2.58. The number of carbonyl (C=O) groups is 1. The number of alkyl halides is 3. The van der Waals surface area contributed by atoms with Crippen LogP contribution in [0.15, 0.2) is 4.52 Å². The van der Waals surface area contributed by atoms with Crippen LogP contribution in [0.5, 0.6) is 0 Å². The Hall–Kier alpha value is -1.40. The smallest absolute Gasteiger partial charge is 0.339 e. The van der Waals surface area contributed by atoms with E-state index in [1.54, 1.807) is 0 Å². The molecule has 1 aliphatic carbocycles. The van der Waals surface area contributed by atoms with Crippen LogP contribution in [-0.2, 0) is 11.2 Å². The molecule has 16 heavy (non-hydrogen) atoms. The van der Waals surface area contributed by atoms with Crippen molar-refractivity contribution in [3.63, 3.8) is 0 Å². The van der Waals surface area contributed by atoms with Gasteiger partial charge in [0.15, 0.2) is 5.82 Å². The van der Waals surface area contributed by atoms with Crippen molar-refractivity contribution in [2.24, 2.45) is 0 Å². The zero-order chi connectivity index (χ0) is 11.8. The van der Waals surface area contributed by atoms with Gasteiger partial charge in [-0.3, -0.25) is 4.79 Å². The van der Waals surface area contributed by atoms with E-state index < -0.39 is 18.4 Å². The number of carbonyl (C=O) groups excluding carboxylic acids is 1. The minimum atomic E-state index is -4.84. The Balaban J connectivity index is 2.00. The number of nitrogens with zero attached hydrogens (tertiary/aromatic N) is 2. The molecule has 0 aromatic carbocycles. The quantitative estimate of drug-likeness (QED) is 0.802. The molecule has 0 bridgehead atoms. The van der Waals surface area contributed by atoms with Gasteiger partial charge in [-0.25, -0.2) is 0 Å². The van der Waals surface area contributed by atoms with E-state index in [0.717, 1.165) is 19.3 Å². The SMILES string of the molecule is O=C(Cc1nc(C2CCC2)no1)C(F)(F)F. The van der Waals surface area contributed by atoms with Crippen LogP contribution in [0.25, 0.3) is 0 Å². The topological polar surface area (TPSA) is 56.0 Å². The van der Waals surface area contributed by atoms with Crippen LogP contribution in [0.4, 0.5) is 13.2 Å². The van der Waals surface area contributed by atoms with Gasteiger partial charge in [-0.05, 0) is 12.8 Å². The van der Waals surface area contributed by atoms with Crippen molar-refractivity contribution in [1.29, 1.82) is 0 Å². The van der Waals surface area contributed by atoms with Gasteiger partial charge in [0.2, 0.25) is 11.7 Å². The van der Waals surface area contributed by atoms with Gasteiger partial charge in [-0.15, -0.1) is 0 Å². The number of aromatic nitrogens is 2. The average Bonchev–Trinajstić information content (AvgIpc) is 2.48. The van der Waals surface area contributed by atoms with E-state index in [0.29, 0.717) is 5.82 Å². The third kappa shape index (κ3) is 2.23. The lowest BCUT2D eigenvalue weighted by Crippen LogP contribution is -2.24. The maximum absolute atomic E-state index is 11.9. The van der Waals surface area contributed by atoms with Crippen molar-refractivity contribution in [3.8, 4) is 0 Å². The molecule has 0 unspecified atom stereocenters. The first-order chi connectivity index (χ1) is 7.47. The lowest BCUT2D eigenvalue weighted by molar-refractivity contribution is -0.170. The fourth-order valence-corrected chi connectivity index (χ4v) is 1.41. The second-order valence-electron chi connectivity index (χ2n) is 3.77. The number of rotatable bonds is 3. The predicted octanol–water partition coefficient (Wildman–Crippen LogP) is 2.01. The van der Waals surface area contributed by atoms with Gasteiger partial charge in [-0.1, -0.05) is 11.6 Å². The monoisotopic (exact) mass is 234 g/mol. The van der Waals surface area contributed by atoms with E-state index in [2.05, 4.69) is 14.7 Å². The molecule has 1 heterocycles. The molecule has 88 valence electrons. The first kappa shape index (κ1) is 11.1. The zero-order valence-electron chi connectivity index (χ0n) is 8.25. The standard InChI is InChI=1S/C9H9F3N2O2/c10-9(11,12)6(15)4-7-13-8(14-16-7)5-2-1-3-5/h5H,1-4H2. The highest BCUT2D eigenvalue weighted by Gasteiger charge is 2.39. The molecule has 1 aliphatic rings. The van der Waals surface area contributed by atoms with Gasteiger partial charge < -0.3 is 4.52 Å². The molecule has 0 spiro atoms. The average molecular weight is 234 g/mol. The molecule has 0 aliphatic heterocycles. The fourth-order valence-electron chi connectivity index (χ4n) is 1.41. The van der Waals surface area contributed by atoms with Crippen LogP contribution in [0.2, 0.25) is 0 Å². The summed E-state index contributed by atoms with van der Waals surface area (Å²) in [7, 11) is 0. The van der Waals surface area contributed by atoms with E-state index in [4.69, 9.17) is 0 Å². The minimum Gasteiger partial charge on any atom is -0.339 e. The molecular weight excluding hydrogens is 225 g/mol. The highest BCUT2D eigenvalue weighted by atomic mass is 19.4. The second-order valence-corrected chi connectivity index (χ2v) is 3.77. The van der Waals surface area contributed by atoms with Crippen LogP contribution < -0.4 is 0 Å². The molecule has 0 saturated heterocycles. The van der Waals surface area contributed by atoms with Crippen molar-refractivity contribution < 1.29 is 22.5 Å². The largest absolute Gasteiger partial charge is 0.450 e. The van der Waals surface area contributed by atoms with Crippen molar-refractivity contribution in [2.75, 3.05) is 0 Å². The zero-order valence-corrected chi connectivity index (χ0v) is 8.25. The Labute approximate surface area is 88.8 Å². The summed E-state index contributed by atoms with van der Waals surface area (Å²) in [4.78, 5) is 14.4. The minimum absolute atomic E-state index is 0.179. The molecule has 0 atom stereocenters. The van der Waals surface area contributed by atoms with E-state index in [-0.39, 0.29) is 11.8 Å². The van der Waals surface area contributed by atoms with Gasteiger partial charge in [0.05, 0.1) is 6.42 Å². The predicted molar refractivity (Wildman–Crippen MR) is 45.7 cm³/mol. The fraction of sp³-hybridized carbons (Fsp3) is 0.667. The first-order valence-electron chi connectivity index (χ1n) is 4.89. The summed E-state index contributed by atoms with van der Waals surface area (Å²) < 4.78 is 40.4. The summed E-state index contributed by atoms with van der Waals surface area (Å²) in [5.74, 6) is -1.53. The number of hydrogen-bond donors (Lipinski definition) is 0. The second kappa shape index (κ2) is 3.88. The molecular formula is C9H9F3N2O2. The molecule has 1 aromatic heterocycles. The Bertz CT molecular complexity index is 396. The summed E-state index contributed by atoms with van der Waals surface area (Å²) in [5, 5.41) is 3.57. The number of ketones is 1. The van der Waals surface area contributed by atoms with Gasteiger partial charge in [0.25, 0.3) is 0 Å². The molecule has 7 heteroatoms. The van der Waals surface area contributed by atoms with E-state index >= 15 is 0 Å². The number of hydrogen-bond acceptors (Lipinski definition) is 4. The van der Waals surface area contributed by atoms with E-state index in [1.165, 1.54) is 0 Å². The maximum Gasteiger partial charge on any atom is 0.450 e. The van der Waals surface area contributed by atoms with Crippen molar-refractivity contribution in [1.82, 2.24) is 10.1 Å². The summed E-state index contributed by atoms with van der Waals surface area (Å²) in [6, 6.07) is 0. The Kier molecular flexibility index (Phi) is 2.69. The Morgan fingerprint density at radius 1 is 1.44 bits per heavy atom. The molecule has 1 aromatic rings. The summed E-state index contributed by atoms with van der Waals surface area (Å²) in [6.07, 6.45) is -2.80. The highest BCUT2D eigenvalue weighted by molar-refractivity contribution is 5.85. The lowest BCUT2D eigenvalue weighted by atomic mass is 9.85. The van der Waals surface area contributed by atoms with Gasteiger partial charge in [0.1, 0.15) is 0 Å². The van der Waals surface area contributed by atoms with Crippen molar-refractivity contribution in [2.45, 2.75) is 37.8 Å². The molecule has 1 fully saturated rings. The Morgan fingerprint density at radius 3 is 2.62 bits per heavy atom. The van der Waals surface area contributed by atoms with Crippen LogP contribution in [-0.4, -0.2) is 22.1 Å². The van der Waals surface area contributed by atoms with Gasteiger partial charge in [-0.2, -0.15) is 18.2 Å². The van der Waals surface area contributed by atoms with Crippen LogP contribution in [0.3, 0.4) is 0 Å². The Morgan fingerprint density at radius 2 is 2.12 bits per heavy atom. The molecule has 1 saturated carbocycles. The molecule has 4 nitrogen and oxygen atoms in total. The van der Waals surface area contributed by atoms with E-state index in [1.807, 2.05) is 0 Å². The normalized spacial score (nSPS) is 17.2. The number of halogens is 3. The summed E-state index contributed by atoms with van der Waals surface area (Å²) in [6.45, 7) is 0. The molecule has 0 radical (unpaired) electrons. The molecule has 2 rings (SSSR count). The molecule has 0 amide bonds. The van der Waals surface area contributed by atoms with Crippen LogP contribution in [0, 0.1) is 0 Å². The summed E-state index contributed by atoms with van der Waals surface area (Å²) in [5.41, 5.74) is 0. The first-order valence-corrected chi connectivity index (χ1v) is 4.89. The van der Waals surface area contributed by atoms with Crippen molar-refractivity contribution in [3.05, 3.63) is 11.7 Å². The van der Waals surface area contributed by atoms with E-state index in [9.17, 15) is 18.0 Å². The van der Waals surface area contributed by atoms with Crippen LogP contribution in [0.1, 0.15) is 36.9 Å². The van der Waals surface area contributed by atoms with Gasteiger partial charge >= 0.3 is 6.18 Å². The highest BCUT2D eigenvalue weighted by Crippen LogP contribution is 2.34. The third-order valence-corrected chi connectivity index (χ3v) is 2.58. The molecule has 0 N–H and O–H groups in total.